The minimum atomic E-state index is -3.55. The number of methoxy groups -OCH3 is 1. The summed E-state index contributed by atoms with van der Waals surface area (Å²) in [7, 11) is -2.09. The zero-order valence-electron chi connectivity index (χ0n) is 11.1. The predicted octanol–water partition coefficient (Wildman–Crippen LogP) is 0.839. The van der Waals surface area contributed by atoms with E-state index in [-0.39, 0.29) is 11.7 Å². The summed E-state index contributed by atoms with van der Waals surface area (Å²) in [5, 5.41) is 7.63. The molecule has 1 amide bonds. The van der Waals surface area contributed by atoms with Crippen molar-refractivity contribution < 1.29 is 17.9 Å². The van der Waals surface area contributed by atoms with Crippen LogP contribution < -0.4 is 10.5 Å². The van der Waals surface area contributed by atoms with E-state index in [4.69, 9.17) is 9.88 Å². The molecule has 0 aliphatic carbocycles. The zero-order valence-corrected chi connectivity index (χ0v) is 12.0. The Balaban J connectivity index is 2.75. The molecule has 1 rings (SSSR count). The van der Waals surface area contributed by atoms with Gasteiger partial charge in [0.2, 0.25) is 10.0 Å². The maximum atomic E-state index is 11.8. The molecule has 0 saturated carbocycles. The summed E-state index contributed by atoms with van der Waals surface area (Å²) < 4.78 is 26.9. The van der Waals surface area contributed by atoms with Crippen LogP contribution in [0.1, 0.15) is 19.4 Å². The molecule has 0 aliphatic heterocycles. The highest BCUT2D eigenvalue weighted by atomic mass is 32.2. The van der Waals surface area contributed by atoms with E-state index in [1.165, 1.54) is 7.11 Å². The largest absolute Gasteiger partial charge is 0.369 e. The van der Waals surface area contributed by atoms with Gasteiger partial charge in [-0.2, -0.15) is 0 Å². The first-order valence-corrected chi connectivity index (χ1v) is 7.31. The van der Waals surface area contributed by atoms with Gasteiger partial charge in [-0.15, -0.1) is 0 Å². The SMILES string of the molecule is COC(C)(C)C(=O)Nc1ccc(CS(N)(=O)=O)cc1. The molecular weight excluding hydrogens is 268 g/mol. The summed E-state index contributed by atoms with van der Waals surface area (Å²) in [6.45, 7) is 3.30. The van der Waals surface area contributed by atoms with Gasteiger partial charge in [-0.05, 0) is 31.5 Å². The van der Waals surface area contributed by atoms with Crippen LogP contribution in [-0.2, 0) is 25.3 Å². The van der Waals surface area contributed by atoms with Crippen LogP contribution >= 0.6 is 0 Å². The number of hydrogen-bond donors (Lipinski definition) is 2. The van der Waals surface area contributed by atoms with Crippen LogP contribution in [0, 0.1) is 0 Å². The van der Waals surface area contributed by atoms with E-state index in [1.54, 1.807) is 38.1 Å². The number of anilines is 1. The van der Waals surface area contributed by atoms with E-state index in [9.17, 15) is 13.2 Å². The number of nitrogens with two attached hydrogens (primary N) is 1. The molecule has 1 aromatic rings. The number of amides is 1. The highest BCUT2D eigenvalue weighted by Crippen LogP contribution is 2.15. The average molecular weight is 286 g/mol. The van der Waals surface area contributed by atoms with Crippen molar-refractivity contribution in [2.24, 2.45) is 5.14 Å². The van der Waals surface area contributed by atoms with Crippen molar-refractivity contribution in [3.63, 3.8) is 0 Å². The fourth-order valence-electron chi connectivity index (χ4n) is 1.29. The second-order valence-corrected chi connectivity index (χ2v) is 6.29. The third kappa shape index (κ3) is 4.98. The monoisotopic (exact) mass is 286 g/mol. The Hall–Kier alpha value is -1.44. The van der Waals surface area contributed by atoms with Crippen molar-refractivity contribution in [3.05, 3.63) is 29.8 Å². The van der Waals surface area contributed by atoms with Crippen molar-refractivity contribution in [1.29, 1.82) is 0 Å². The molecule has 19 heavy (non-hydrogen) atoms. The normalized spacial score (nSPS) is 12.2. The van der Waals surface area contributed by atoms with Crippen LogP contribution in [0.4, 0.5) is 5.69 Å². The summed E-state index contributed by atoms with van der Waals surface area (Å²) >= 11 is 0. The molecule has 6 nitrogen and oxygen atoms in total. The molecule has 0 saturated heterocycles. The fraction of sp³-hybridized carbons (Fsp3) is 0.417. The molecule has 0 heterocycles. The number of primary sulfonamides is 1. The first-order valence-electron chi connectivity index (χ1n) is 5.60. The Labute approximate surface area is 113 Å². The van der Waals surface area contributed by atoms with Gasteiger partial charge < -0.3 is 10.1 Å². The van der Waals surface area contributed by atoms with Crippen molar-refractivity contribution in [1.82, 2.24) is 0 Å². The molecule has 0 aliphatic rings. The highest BCUT2D eigenvalue weighted by molar-refractivity contribution is 7.88. The minimum Gasteiger partial charge on any atom is -0.369 e. The molecule has 3 N–H and O–H groups in total. The van der Waals surface area contributed by atoms with Gasteiger partial charge in [-0.1, -0.05) is 12.1 Å². The van der Waals surface area contributed by atoms with Crippen molar-refractivity contribution >= 4 is 21.6 Å². The van der Waals surface area contributed by atoms with Gasteiger partial charge in [0.15, 0.2) is 0 Å². The number of benzene rings is 1. The summed E-state index contributed by atoms with van der Waals surface area (Å²) in [4.78, 5) is 11.8. The number of rotatable bonds is 5. The number of hydrogen-bond acceptors (Lipinski definition) is 4. The van der Waals surface area contributed by atoms with Gasteiger partial charge in [-0.25, -0.2) is 13.6 Å². The van der Waals surface area contributed by atoms with Gasteiger partial charge >= 0.3 is 0 Å². The van der Waals surface area contributed by atoms with Gasteiger partial charge in [0.05, 0.1) is 5.75 Å². The van der Waals surface area contributed by atoms with E-state index in [2.05, 4.69) is 5.32 Å². The van der Waals surface area contributed by atoms with E-state index >= 15 is 0 Å². The number of sulfonamides is 1. The van der Waals surface area contributed by atoms with Gasteiger partial charge in [0, 0.05) is 12.8 Å². The second kappa shape index (κ2) is 5.68. The number of carbonyl (C=O) groups is 1. The lowest BCUT2D eigenvalue weighted by Crippen LogP contribution is -2.38. The maximum Gasteiger partial charge on any atom is 0.256 e. The standard InChI is InChI=1S/C12H18N2O4S/c1-12(2,18-3)11(15)14-10-6-4-9(5-7-10)8-19(13,16)17/h4-7H,8H2,1-3H3,(H,14,15)(H2,13,16,17). The van der Waals surface area contributed by atoms with Crippen LogP contribution in [0.25, 0.3) is 0 Å². The van der Waals surface area contributed by atoms with Gasteiger partial charge in [-0.3, -0.25) is 4.79 Å². The molecule has 0 unspecified atom stereocenters. The van der Waals surface area contributed by atoms with E-state index in [1.807, 2.05) is 0 Å². The summed E-state index contributed by atoms with van der Waals surface area (Å²) in [5.41, 5.74) is 0.194. The Kier molecular flexibility index (Phi) is 4.67. The zero-order chi connectivity index (χ0) is 14.7. The predicted molar refractivity (Wildman–Crippen MR) is 73.0 cm³/mol. The molecule has 0 atom stereocenters. The van der Waals surface area contributed by atoms with Crippen molar-refractivity contribution in [2.75, 3.05) is 12.4 Å². The van der Waals surface area contributed by atoms with Crippen LogP contribution in [0.3, 0.4) is 0 Å². The second-order valence-electron chi connectivity index (χ2n) is 4.67. The van der Waals surface area contributed by atoms with Crippen LogP contribution in [0.15, 0.2) is 24.3 Å². The average Bonchev–Trinajstić information content (AvgIpc) is 2.29. The first kappa shape index (κ1) is 15.6. The van der Waals surface area contributed by atoms with Crippen LogP contribution in [0.2, 0.25) is 0 Å². The number of ether oxygens (including phenoxy) is 1. The van der Waals surface area contributed by atoms with Gasteiger partial charge in [0.25, 0.3) is 5.91 Å². The Morgan fingerprint density at radius 2 is 1.84 bits per heavy atom. The minimum absolute atomic E-state index is 0.231. The van der Waals surface area contributed by atoms with Crippen molar-refractivity contribution in [3.8, 4) is 0 Å². The maximum absolute atomic E-state index is 11.8. The molecule has 0 aromatic heterocycles. The van der Waals surface area contributed by atoms with E-state index < -0.39 is 15.6 Å². The molecule has 0 fully saturated rings. The Bertz CT molecular complexity index is 550. The van der Waals surface area contributed by atoms with E-state index in [0.717, 1.165) is 0 Å². The fourth-order valence-corrected chi connectivity index (χ4v) is 1.95. The Morgan fingerprint density at radius 3 is 2.26 bits per heavy atom. The molecule has 0 bridgehead atoms. The topological polar surface area (TPSA) is 98.5 Å². The third-order valence-corrected chi connectivity index (χ3v) is 3.37. The van der Waals surface area contributed by atoms with E-state index in [0.29, 0.717) is 11.3 Å². The lowest BCUT2D eigenvalue weighted by atomic mass is 10.1. The molecule has 0 radical (unpaired) electrons. The lowest BCUT2D eigenvalue weighted by Gasteiger charge is -2.21. The number of nitrogens with one attached hydrogen (secondary N) is 1. The Morgan fingerprint density at radius 1 is 1.32 bits per heavy atom. The summed E-state index contributed by atoms with van der Waals surface area (Å²) in [6, 6.07) is 6.42. The molecule has 106 valence electrons. The molecule has 7 heteroatoms. The summed E-state index contributed by atoms with van der Waals surface area (Å²) in [5.74, 6) is -0.515. The first-order chi connectivity index (χ1) is 8.64. The summed E-state index contributed by atoms with van der Waals surface area (Å²) in [6.07, 6.45) is 0. The van der Waals surface area contributed by atoms with Gasteiger partial charge in [0.1, 0.15) is 5.60 Å². The van der Waals surface area contributed by atoms with Crippen LogP contribution in [0.5, 0.6) is 0 Å². The highest BCUT2D eigenvalue weighted by Gasteiger charge is 2.26. The third-order valence-electron chi connectivity index (χ3n) is 2.64. The van der Waals surface area contributed by atoms with Crippen LogP contribution in [-0.4, -0.2) is 27.0 Å². The van der Waals surface area contributed by atoms with Crippen molar-refractivity contribution in [2.45, 2.75) is 25.2 Å². The molecular formula is C12H18N2O4S. The lowest BCUT2D eigenvalue weighted by molar-refractivity contribution is -0.133. The molecule has 1 aromatic carbocycles. The molecule has 0 spiro atoms. The quantitative estimate of drug-likeness (QED) is 0.837. The smallest absolute Gasteiger partial charge is 0.256 e. The number of carbonyl (C=O) groups excluding carboxylic acids is 1.